The second kappa shape index (κ2) is 9.44. The van der Waals surface area contributed by atoms with E-state index in [9.17, 15) is 18.0 Å². The van der Waals surface area contributed by atoms with E-state index in [2.05, 4.69) is 5.32 Å². The van der Waals surface area contributed by atoms with Crippen LogP contribution in [0.1, 0.15) is 15.9 Å². The molecule has 1 N–H and O–H groups in total. The second-order valence-corrected chi connectivity index (χ2v) is 8.64. The van der Waals surface area contributed by atoms with Crippen LogP contribution in [0.3, 0.4) is 0 Å². The minimum Gasteiger partial charge on any atom is -0.495 e. The summed E-state index contributed by atoms with van der Waals surface area (Å²) >= 11 is 0. The molecule has 31 heavy (non-hydrogen) atoms. The van der Waals surface area contributed by atoms with Gasteiger partial charge in [-0.2, -0.15) is 0 Å². The summed E-state index contributed by atoms with van der Waals surface area (Å²) in [4.78, 5) is 25.6. The van der Waals surface area contributed by atoms with Gasteiger partial charge in [-0.15, -0.1) is 0 Å². The monoisotopic (exact) mass is 438 g/mol. The molecule has 3 rings (SSSR count). The van der Waals surface area contributed by atoms with Gasteiger partial charge in [-0.05, 0) is 24.3 Å². The molecule has 0 fully saturated rings. The van der Waals surface area contributed by atoms with E-state index in [-0.39, 0.29) is 11.5 Å². The van der Waals surface area contributed by atoms with Gasteiger partial charge in [0.25, 0.3) is 0 Å². The lowest BCUT2D eigenvalue weighted by molar-refractivity contribution is -0.114. The third kappa shape index (κ3) is 5.29. The van der Waals surface area contributed by atoms with Gasteiger partial charge in [-0.1, -0.05) is 54.6 Å². The number of carbonyl (C=O) groups excluding carboxylic acids is 2. The maximum Gasteiger partial charge on any atom is 0.245 e. The van der Waals surface area contributed by atoms with Gasteiger partial charge >= 0.3 is 0 Å². The number of para-hydroxylation sites is 3. The zero-order chi connectivity index (χ0) is 22.4. The van der Waals surface area contributed by atoms with Gasteiger partial charge in [0.1, 0.15) is 12.3 Å². The van der Waals surface area contributed by atoms with Gasteiger partial charge in [0.2, 0.25) is 15.9 Å². The van der Waals surface area contributed by atoms with Crippen molar-refractivity contribution in [2.45, 2.75) is 0 Å². The number of rotatable bonds is 8. The molecular weight excluding hydrogens is 416 g/mol. The van der Waals surface area contributed by atoms with Crippen molar-refractivity contribution < 1.29 is 22.7 Å². The van der Waals surface area contributed by atoms with E-state index in [0.29, 0.717) is 22.6 Å². The summed E-state index contributed by atoms with van der Waals surface area (Å²) in [7, 11) is -2.36. The molecule has 0 aliphatic rings. The average Bonchev–Trinajstić information content (AvgIpc) is 2.77. The van der Waals surface area contributed by atoms with Gasteiger partial charge in [0, 0.05) is 11.1 Å². The Kier molecular flexibility index (Phi) is 6.71. The largest absolute Gasteiger partial charge is 0.495 e. The molecule has 0 aliphatic carbocycles. The lowest BCUT2D eigenvalue weighted by atomic mass is 10.0. The molecule has 0 heterocycles. The highest BCUT2D eigenvalue weighted by Crippen LogP contribution is 2.29. The number of methoxy groups -OCH3 is 1. The summed E-state index contributed by atoms with van der Waals surface area (Å²) < 4.78 is 31.0. The van der Waals surface area contributed by atoms with Crippen LogP contribution in [0, 0.1) is 0 Å². The maximum atomic E-state index is 12.9. The van der Waals surface area contributed by atoms with E-state index in [1.54, 1.807) is 72.8 Å². The molecule has 0 bridgehead atoms. The van der Waals surface area contributed by atoms with E-state index in [1.807, 2.05) is 6.07 Å². The Labute approximate surface area is 181 Å². The lowest BCUT2D eigenvalue weighted by Gasteiger charge is -2.23. The first-order chi connectivity index (χ1) is 14.8. The Morgan fingerprint density at radius 1 is 0.903 bits per heavy atom. The number of carbonyl (C=O) groups is 2. The average molecular weight is 439 g/mol. The topological polar surface area (TPSA) is 92.8 Å². The second-order valence-electron chi connectivity index (χ2n) is 6.73. The third-order valence-electron chi connectivity index (χ3n) is 4.52. The number of hydrogen-bond donors (Lipinski definition) is 1. The van der Waals surface area contributed by atoms with Crippen LogP contribution in [0.4, 0.5) is 11.4 Å². The molecule has 160 valence electrons. The van der Waals surface area contributed by atoms with E-state index < -0.39 is 22.5 Å². The number of ketones is 1. The number of ether oxygens (including phenoxy) is 1. The summed E-state index contributed by atoms with van der Waals surface area (Å²) in [5.41, 5.74) is 1.34. The van der Waals surface area contributed by atoms with Crippen molar-refractivity contribution >= 4 is 33.1 Å². The summed E-state index contributed by atoms with van der Waals surface area (Å²) in [5, 5.41) is 2.66. The molecule has 0 spiro atoms. The van der Waals surface area contributed by atoms with Gasteiger partial charge in [0.05, 0.1) is 24.7 Å². The molecule has 0 unspecified atom stereocenters. The molecule has 8 heteroatoms. The van der Waals surface area contributed by atoms with Crippen LogP contribution in [0.25, 0.3) is 0 Å². The number of nitrogens with one attached hydrogen (secondary N) is 1. The summed E-state index contributed by atoms with van der Waals surface area (Å²) in [6.45, 7) is -0.479. The van der Waals surface area contributed by atoms with Crippen molar-refractivity contribution in [3.05, 3.63) is 90.0 Å². The molecule has 0 atom stereocenters. The molecular formula is C23H22N2O5S. The molecule has 0 aliphatic heterocycles. The first-order valence-electron chi connectivity index (χ1n) is 9.40. The van der Waals surface area contributed by atoms with Crippen LogP contribution in [0.5, 0.6) is 5.75 Å². The van der Waals surface area contributed by atoms with Gasteiger partial charge < -0.3 is 10.1 Å². The molecule has 3 aromatic rings. The fourth-order valence-corrected chi connectivity index (χ4v) is 3.93. The number of anilines is 2. The van der Waals surface area contributed by atoms with E-state index in [1.165, 1.54) is 7.11 Å². The number of nitrogens with zero attached hydrogens (tertiary/aromatic N) is 1. The van der Waals surface area contributed by atoms with E-state index in [0.717, 1.165) is 10.6 Å². The predicted molar refractivity (Wildman–Crippen MR) is 120 cm³/mol. The van der Waals surface area contributed by atoms with Crippen LogP contribution in [-0.4, -0.2) is 40.0 Å². The Bertz CT molecular complexity index is 1190. The number of amides is 1. The first kappa shape index (κ1) is 22.0. The molecule has 0 saturated carbocycles. The Balaban J connectivity index is 1.87. The Morgan fingerprint density at radius 2 is 1.52 bits per heavy atom. The minimum atomic E-state index is -3.78. The third-order valence-corrected chi connectivity index (χ3v) is 5.65. The fourth-order valence-electron chi connectivity index (χ4n) is 3.07. The van der Waals surface area contributed by atoms with Crippen molar-refractivity contribution in [2.75, 3.05) is 29.5 Å². The zero-order valence-electron chi connectivity index (χ0n) is 17.1. The normalized spacial score (nSPS) is 10.9. The quantitative estimate of drug-likeness (QED) is 0.545. The lowest BCUT2D eigenvalue weighted by Crippen LogP contribution is -2.37. The van der Waals surface area contributed by atoms with Crippen LogP contribution in [0.15, 0.2) is 78.9 Å². The van der Waals surface area contributed by atoms with Gasteiger partial charge in [-0.3, -0.25) is 13.9 Å². The summed E-state index contributed by atoms with van der Waals surface area (Å²) in [5.74, 6) is -0.522. The van der Waals surface area contributed by atoms with Crippen molar-refractivity contribution in [3.63, 3.8) is 0 Å². The van der Waals surface area contributed by atoms with Crippen LogP contribution < -0.4 is 14.4 Å². The Morgan fingerprint density at radius 3 is 2.19 bits per heavy atom. The summed E-state index contributed by atoms with van der Waals surface area (Å²) in [6.07, 6.45) is 1.01. The number of sulfonamides is 1. The van der Waals surface area contributed by atoms with Crippen LogP contribution in [0.2, 0.25) is 0 Å². The van der Waals surface area contributed by atoms with Crippen molar-refractivity contribution in [1.29, 1.82) is 0 Å². The molecule has 3 aromatic carbocycles. The van der Waals surface area contributed by atoms with Gasteiger partial charge in [0.15, 0.2) is 5.78 Å². The first-order valence-corrected chi connectivity index (χ1v) is 11.3. The minimum absolute atomic E-state index is 0.247. The highest BCUT2D eigenvalue weighted by molar-refractivity contribution is 7.92. The maximum absolute atomic E-state index is 12.9. The molecule has 0 radical (unpaired) electrons. The molecule has 1 amide bonds. The van der Waals surface area contributed by atoms with Gasteiger partial charge in [-0.25, -0.2) is 8.42 Å². The number of benzene rings is 3. The highest BCUT2D eigenvalue weighted by atomic mass is 32.2. The number of hydrogen-bond acceptors (Lipinski definition) is 5. The van der Waals surface area contributed by atoms with E-state index >= 15 is 0 Å². The zero-order valence-corrected chi connectivity index (χ0v) is 17.9. The fraction of sp³-hybridized carbons (Fsp3) is 0.130. The highest BCUT2D eigenvalue weighted by Gasteiger charge is 2.24. The van der Waals surface area contributed by atoms with Crippen molar-refractivity contribution in [2.24, 2.45) is 0 Å². The standard InChI is InChI=1S/C23H22N2O5S/c1-30-21-15-9-8-14-20(21)25(31(2,28)29)16-22(26)24-19-13-7-6-12-18(19)23(27)17-10-4-3-5-11-17/h3-15H,16H2,1-2H3,(H,24,26). The van der Waals surface area contributed by atoms with Crippen molar-refractivity contribution in [1.82, 2.24) is 0 Å². The Hall–Kier alpha value is -3.65. The SMILES string of the molecule is COc1ccccc1N(CC(=O)Nc1ccccc1C(=O)c1ccccc1)S(C)(=O)=O. The van der Waals surface area contributed by atoms with E-state index in [4.69, 9.17) is 4.74 Å². The predicted octanol–water partition coefficient (Wildman–Crippen LogP) is 3.33. The molecule has 0 saturated heterocycles. The van der Waals surface area contributed by atoms with Crippen molar-refractivity contribution in [3.8, 4) is 5.75 Å². The summed E-state index contributed by atoms with van der Waals surface area (Å²) in [6, 6.07) is 21.8. The smallest absolute Gasteiger partial charge is 0.245 e. The molecule has 0 aromatic heterocycles. The molecule has 7 nitrogen and oxygen atoms in total. The van der Waals surface area contributed by atoms with Crippen LogP contribution >= 0.6 is 0 Å². The van der Waals surface area contributed by atoms with Crippen LogP contribution in [-0.2, 0) is 14.8 Å².